The maximum absolute atomic E-state index is 9.28. The highest BCUT2D eigenvalue weighted by molar-refractivity contribution is 5.24. The first-order chi connectivity index (χ1) is 9.29. The maximum atomic E-state index is 9.28. The molecule has 0 saturated carbocycles. The molecule has 2 nitrogen and oxygen atoms in total. The standard InChI is InChI=1S/C17H18N2/c1-14(12-15-8-4-2-5-9-15)19-17(13-18)16-10-6-3-7-11-16/h2-11,14,17,19H,12H2,1H3. The predicted octanol–water partition coefficient (Wildman–Crippen LogP) is 3.47. The van der Waals surface area contributed by atoms with Crippen molar-refractivity contribution in [2.24, 2.45) is 0 Å². The fourth-order valence-corrected chi connectivity index (χ4v) is 2.16. The minimum Gasteiger partial charge on any atom is -0.295 e. The lowest BCUT2D eigenvalue weighted by Gasteiger charge is -2.18. The van der Waals surface area contributed by atoms with Gasteiger partial charge in [-0.15, -0.1) is 0 Å². The molecule has 0 radical (unpaired) electrons. The average molecular weight is 250 g/mol. The van der Waals surface area contributed by atoms with Crippen LogP contribution in [0.25, 0.3) is 0 Å². The molecule has 2 atom stereocenters. The Hall–Kier alpha value is -2.11. The molecule has 0 fully saturated rings. The Kier molecular flexibility index (Phi) is 4.72. The van der Waals surface area contributed by atoms with Crippen LogP contribution in [0.5, 0.6) is 0 Å². The van der Waals surface area contributed by atoms with Gasteiger partial charge in [0.2, 0.25) is 0 Å². The molecule has 96 valence electrons. The van der Waals surface area contributed by atoms with Crippen LogP contribution in [0.1, 0.15) is 24.1 Å². The Morgan fingerprint density at radius 3 is 2.16 bits per heavy atom. The molecule has 2 heteroatoms. The van der Waals surface area contributed by atoms with Crippen LogP contribution in [-0.2, 0) is 6.42 Å². The Bertz CT molecular complexity index is 528. The number of nitriles is 1. The number of benzene rings is 2. The van der Waals surface area contributed by atoms with E-state index in [-0.39, 0.29) is 12.1 Å². The fraction of sp³-hybridized carbons (Fsp3) is 0.235. The second-order valence-corrected chi connectivity index (χ2v) is 4.73. The number of nitrogens with zero attached hydrogens (tertiary/aromatic N) is 1. The summed E-state index contributed by atoms with van der Waals surface area (Å²) in [6, 6.07) is 22.5. The van der Waals surface area contributed by atoms with Gasteiger partial charge in [-0.05, 0) is 24.5 Å². The van der Waals surface area contributed by atoms with Gasteiger partial charge in [-0.2, -0.15) is 5.26 Å². The van der Waals surface area contributed by atoms with Crippen LogP contribution >= 0.6 is 0 Å². The van der Waals surface area contributed by atoms with Crippen LogP contribution in [0.4, 0.5) is 0 Å². The van der Waals surface area contributed by atoms with Crippen molar-refractivity contribution in [3.05, 3.63) is 71.8 Å². The Labute approximate surface area is 114 Å². The van der Waals surface area contributed by atoms with E-state index in [1.54, 1.807) is 0 Å². The van der Waals surface area contributed by atoms with Gasteiger partial charge >= 0.3 is 0 Å². The smallest absolute Gasteiger partial charge is 0.121 e. The van der Waals surface area contributed by atoms with E-state index in [9.17, 15) is 5.26 Å². The van der Waals surface area contributed by atoms with Gasteiger partial charge in [-0.3, -0.25) is 5.32 Å². The maximum Gasteiger partial charge on any atom is 0.121 e. The molecule has 0 amide bonds. The third-order valence-corrected chi connectivity index (χ3v) is 3.10. The second kappa shape index (κ2) is 6.72. The van der Waals surface area contributed by atoms with Gasteiger partial charge in [0.1, 0.15) is 6.04 Å². The summed E-state index contributed by atoms with van der Waals surface area (Å²) in [5.41, 5.74) is 2.30. The zero-order valence-electron chi connectivity index (χ0n) is 11.1. The van der Waals surface area contributed by atoms with Crippen LogP contribution in [0.2, 0.25) is 0 Å². The van der Waals surface area contributed by atoms with Gasteiger partial charge in [0.05, 0.1) is 6.07 Å². The van der Waals surface area contributed by atoms with Crippen LogP contribution in [0.15, 0.2) is 60.7 Å². The molecule has 0 aromatic heterocycles. The van der Waals surface area contributed by atoms with Crippen LogP contribution in [-0.4, -0.2) is 6.04 Å². The molecule has 0 aliphatic heterocycles. The van der Waals surface area contributed by atoms with Gasteiger partial charge in [0, 0.05) is 6.04 Å². The SMILES string of the molecule is CC(Cc1ccccc1)NC(C#N)c1ccccc1. The summed E-state index contributed by atoms with van der Waals surface area (Å²) < 4.78 is 0. The molecule has 19 heavy (non-hydrogen) atoms. The molecule has 0 aliphatic carbocycles. The van der Waals surface area contributed by atoms with Crippen molar-refractivity contribution in [2.75, 3.05) is 0 Å². The molecule has 0 aliphatic rings. The van der Waals surface area contributed by atoms with E-state index in [2.05, 4.69) is 30.4 Å². The van der Waals surface area contributed by atoms with Crippen LogP contribution in [0.3, 0.4) is 0 Å². The van der Waals surface area contributed by atoms with Crippen molar-refractivity contribution in [3.63, 3.8) is 0 Å². The molecule has 2 aromatic rings. The molecular formula is C17H18N2. The lowest BCUT2D eigenvalue weighted by Crippen LogP contribution is -2.31. The topological polar surface area (TPSA) is 35.8 Å². The van der Waals surface area contributed by atoms with E-state index in [4.69, 9.17) is 0 Å². The van der Waals surface area contributed by atoms with Crippen molar-refractivity contribution >= 4 is 0 Å². The highest BCUT2D eigenvalue weighted by Crippen LogP contribution is 2.13. The summed E-state index contributed by atoms with van der Waals surface area (Å²) in [6.45, 7) is 2.11. The molecule has 2 unspecified atom stereocenters. The minimum atomic E-state index is -0.250. The summed E-state index contributed by atoms with van der Waals surface area (Å²) >= 11 is 0. The lowest BCUT2D eigenvalue weighted by molar-refractivity contribution is 0.510. The molecule has 2 rings (SSSR count). The third-order valence-electron chi connectivity index (χ3n) is 3.10. The van der Waals surface area contributed by atoms with Crippen molar-refractivity contribution in [3.8, 4) is 6.07 Å². The van der Waals surface area contributed by atoms with Gasteiger partial charge < -0.3 is 0 Å². The first kappa shape index (κ1) is 13.3. The van der Waals surface area contributed by atoms with Gasteiger partial charge in [-0.25, -0.2) is 0 Å². The van der Waals surface area contributed by atoms with Crippen molar-refractivity contribution in [1.29, 1.82) is 5.26 Å². The number of nitrogens with one attached hydrogen (secondary N) is 1. The molecule has 2 aromatic carbocycles. The quantitative estimate of drug-likeness (QED) is 0.882. The molecule has 0 bridgehead atoms. The summed E-state index contributed by atoms with van der Waals surface area (Å²) in [6.07, 6.45) is 0.922. The highest BCUT2D eigenvalue weighted by atomic mass is 14.9. The van der Waals surface area contributed by atoms with Crippen molar-refractivity contribution in [2.45, 2.75) is 25.4 Å². The van der Waals surface area contributed by atoms with Crippen LogP contribution < -0.4 is 5.32 Å². The molecule has 0 saturated heterocycles. The summed E-state index contributed by atoms with van der Waals surface area (Å²) in [4.78, 5) is 0. The van der Waals surface area contributed by atoms with E-state index >= 15 is 0 Å². The first-order valence-electron chi connectivity index (χ1n) is 6.54. The number of hydrogen-bond donors (Lipinski definition) is 1. The van der Waals surface area contributed by atoms with Crippen molar-refractivity contribution < 1.29 is 0 Å². The number of rotatable bonds is 5. The molecule has 0 spiro atoms. The second-order valence-electron chi connectivity index (χ2n) is 4.73. The highest BCUT2D eigenvalue weighted by Gasteiger charge is 2.13. The van der Waals surface area contributed by atoms with E-state index in [0.717, 1.165) is 12.0 Å². The normalized spacial score (nSPS) is 13.5. The zero-order chi connectivity index (χ0) is 13.5. The lowest BCUT2D eigenvalue weighted by atomic mass is 10.0. The molecule has 1 N–H and O–H groups in total. The predicted molar refractivity (Wildman–Crippen MR) is 77.5 cm³/mol. The molecule has 0 heterocycles. The van der Waals surface area contributed by atoms with E-state index in [1.807, 2.05) is 48.5 Å². The Morgan fingerprint density at radius 1 is 1.00 bits per heavy atom. The van der Waals surface area contributed by atoms with Gasteiger partial charge in [0.15, 0.2) is 0 Å². The average Bonchev–Trinajstić information content (AvgIpc) is 2.47. The Morgan fingerprint density at radius 2 is 1.58 bits per heavy atom. The van der Waals surface area contributed by atoms with E-state index in [1.165, 1.54) is 5.56 Å². The van der Waals surface area contributed by atoms with Gasteiger partial charge in [0.25, 0.3) is 0 Å². The van der Waals surface area contributed by atoms with E-state index < -0.39 is 0 Å². The largest absolute Gasteiger partial charge is 0.295 e. The van der Waals surface area contributed by atoms with Crippen LogP contribution in [0, 0.1) is 11.3 Å². The summed E-state index contributed by atoms with van der Waals surface area (Å²) in [7, 11) is 0. The monoisotopic (exact) mass is 250 g/mol. The fourth-order valence-electron chi connectivity index (χ4n) is 2.16. The summed E-state index contributed by atoms with van der Waals surface area (Å²) in [5.74, 6) is 0. The summed E-state index contributed by atoms with van der Waals surface area (Å²) in [5, 5.41) is 12.7. The number of hydrogen-bond acceptors (Lipinski definition) is 2. The minimum absolute atomic E-state index is 0.250. The van der Waals surface area contributed by atoms with E-state index in [0.29, 0.717) is 0 Å². The van der Waals surface area contributed by atoms with Crippen molar-refractivity contribution in [1.82, 2.24) is 5.32 Å². The zero-order valence-corrected chi connectivity index (χ0v) is 11.1. The third kappa shape index (κ3) is 3.94. The molecular weight excluding hydrogens is 232 g/mol. The first-order valence-corrected chi connectivity index (χ1v) is 6.54. The Balaban J connectivity index is 1.98. The van der Waals surface area contributed by atoms with Gasteiger partial charge in [-0.1, -0.05) is 60.7 Å².